The van der Waals surface area contributed by atoms with Crippen LogP contribution in [0.2, 0.25) is 0 Å². The first-order chi connectivity index (χ1) is 10.7. The maximum atomic E-state index is 12.1. The third-order valence-electron chi connectivity index (χ3n) is 3.82. The summed E-state index contributed by atoms with van der Waals surface area (Å²) in [5, 5.41) is 8.88. The molecule has 1 unspecified atom stereocenters. The Hall–Kier alpha value is -2.17. The number of carboxylic acids is 1. The standard InChI is InChI=1S/C18H25NO4/c1-12(2)11-14-5-7-15(8-6-14)16(20)9-10-17(21)19(4)13(3)18(22)23/h5-8,12-13H,9-11H2,1-4H3,(H,22,23). The third kappa shape index (κ3) is 5.85. The fourth-order valence-corrected chi connectivity index (χ4v) is 2.22. The molecule has 0 aromatic heterocycles. The normalized spacial score (nSPS) is 12.0. The van der Waals surface area contributed by atoms with Crippen molar-refractivity contribution < 1.29 is 19.5 Å². The number of ketones is 1. The summed E-state index contributed by atoms with van der Waals surface area (Å²) < 4.78 is 0. The zero-order chi connectivity index (χ0) is 17.6. The summed E-state index contributed by atoms with van der Waals surface area (Å²) >= 11 is 0. The number of amides is 1. The minimum Gasteiger partial charge on any atom is -0.480 e. The van der Waals surface area contributed by atoms with E-state index in [1.165, 1.54) is 19.5 Å². The molecule has 1 N–H and O–H groups in total. The molecule has 0 aliphatic carbocycles. The lowest BCUT2D eigenvalue weighted by molar-refractivity contribution is -0.148. The molecule has 0 fully saturated rings. The molecule has 1 aromatic rings. The summed E-state index contributed by atoms with van der Waals surface area (Å²) in [5.74, 6) is -0.954. The van der Waals surface area contributed by atoms with Gasteiger partial charge >= 0.3 is 5.97 Å². The molecule has 0 saturated heterocycles. The second kappa shape index (κ2) is 8.46. The van der Waals surface area contributed by atoms with Gasteiger partial charge in [0.2, 0.25) is 5.91 Å². The third-order valence-corrected chi connectivity index (χ3v) is 3.82. The fraction of sp³-hybridized carbons (Fsp3) is 0.500. The van der Waals surface area contributed by atoms with Crippen LogP contribution >= 0.6 is 0 Å². The zero-order valence-electron chi connectivity index (χ0n) is 14.2. The maximum Gasteiger partial charge on any atom is 0.326 e. The van der Waals surface area contributed by atoms with Crippen LogP contribution in [0.15, 0.2) is 24.3 Å². The number of hydrogen-bond acceptors (Lipinski definition) is 3. The number of likely N-dealkylation sites (N-methyl/N-ethyl adjacent to an activating group) is 1. The second-order valence-corrected chi connectivity index (χ2v) is 6.24. The minimum absolute atomic E-state index is 0.0146. The Morgan fingerprint density at radius 2 is 1.61 bits per heavy atom. The van der Waals surface area contributed by atoms with Crippen molar-refractivity contribution >= 4 is 17.7 Å². The van der Waals surface area contributed by atoms with Crippen molar-refractivity contribution in [2.75, 3.05) is 7.05 Å². The minimum atomic E-state index is -1.06. The summed E-state index contributed by atoms with van der Waals surface area (Å²) in [4.78, 5) is 36.0. The average molecular weight is 319 g/mol. The van der Waals surface area contributed by atoms with Crippen molar-refractivity contribution in [1.82, 2.24) is 4.90 Å². The van der Waals surface area contributed by atoms with E-state index in [1.54, 1.807) is 12.1 Å². The molecule has 23 heavy (non-hydrogen) atoms. The van der Waals surface area contributed by atoms with Gasteiger partial charge in [-0.2, -0.15) is 0 Å². The number of benzene rings is 1. The van der Waals surface area contributed by atoms with Gasteiger partial charge < -0.3 is 10.0 Å². The topological polar surface area (TPSA) is 74.7 Å². The lowest BCUT2D eigenvalue weighted by Gasteiger charge is -2.21. The first-order valence-corrected chi connectivity index (χ1v) is 7.83. The van der Waals surface area contributed by atoms with E-state index in [0.717, 1.165) is 11.3 Å². The molecule has 1 amide bonds. The summed E-state index contributed by atoms with van der Waals surface area (Å²) in [6.45, 7) is 5.72. The van der Waals surface area contributed by atoms with Crippen LogP contribution in [0.1, 0.15) is 49.5 Å². The van der Waals surface area contributed by atoms with Crippen molar-refractivity contribution in [1.29, 1.82) is 0 Å². The van der Waals surface area contributed by atoms with E-state index < -0.39 is 12.0 Å². The van der Waals surface area contributed by atoms with Crippen LogP contribution in [-0.2, 0) is 16.0 Å². The molecule has 5 heteroatoms. The first-order valence-electron chi connectivity index (χ1n) is 7.83. The summed E-state index contributed by atoms with van der Waals surface area (Å²) in [7, 11) is 1.44. The van der Waals surface area contributed by atoms with Gasteiger partial charge in [-0.25, -0.2) is 4.79 Å². The van der Waals surface area contributed by atoms with Gasteiger partial charge in [-0.3, -0.25) is 9.59 Å². The van der Waals surface area contributed by atoms with Crippen LogP contribution < -0.4 is 0 Å². The Balaban J connectivity index is 2.56. The fourth-order valence-electron chi connectivity index (χ4n) is 2.22. The van der Waals surface area contributed by atoms with E-state index in [0.29, 0.717) is 11.5 Å². The number of carboxylic acid groups (broad SMARTS) is 1. The van der Waals surface area contributed by atoms with Crippen molar-refractivity contribution in [3.63, 3.8) is 0 Å². The molecule has 1 rings (SSSR count). The number of aliphatic carboxylic acids is 1. The SMILES string of the molecule is CC(C)Cc1ccc(C(=O)CCC(=O)N(C)C(C)C(=O)O)cc1. The molecule has 0 aliphatic heterocycles. The molecule has 0 saturated carbocycles. The van der Waals surface area contributed by atoms with E-state index in [2.05, 4.69) is 13.8 Å². The lowest BCUT2D eigenvalue weighted by atomic mass is 9.99. The highest BCUT2D eigenvalue weighted by Crippen LogP contribution is 2.12. The van der Waals surface area contributed by atoms with E-state index in [4.69, 9.17) is 5.11 Å². The largest absolute Gasteiger partial charge is 0.480 e. The van der Waals surface area contributed by atoms with E-state index in [-0.39, 0.29) is 24.5 Å². The van der Waals surface area contributed by atoms with Crippen LogP contribution in [0.3, 0.4) is 0 Å². The van der Waals surface area contributed by atoms with E-state index in [1.807, 2.05) is 12.1 Å². The van der Waals surface area contributed by atoms with E-state index >= 15 is 0 Å². The molecule has 126 valence electrons. The Bertz CT molecular complexity index is 563. The highest BCUT2D eigenvalue weighted by molar-refractivity contribution is 5.98. The Morgan fingerprint density at radius 1 is 1.04 bits per heavy atom. The van der Waals surface area contributed by atoms with Crippen molar-refractivity contribution in [3.05, 3.63) is 35.4 Å². The van der Waals surface area contributed by atoms with Gasteiger partial charge in [0, 0.05) is 25.5 Å². The monoisotopic (exact) mass is 319 g/mol. The highest BCUT2D eigenvalue weighted by Gasteiger charge is 2.22. The molecule has 0 heterocycles. The molecule has 0 bridgehead atoms. The molecule has 5 nitrogen and oxygen atoms in total. The number of carbonyl (C=O) groups is 3. The summed E-state index contributed by atoms with van der Waals surface area (Å²) in [6.07, 6.45) is 1.06. The summed E-state index contributed by atoms with van der Waals surface area (Å²) in [6, 6.07) is 6.55. The maximum absolute atomic E-state index is 12.1. The smallest absolute Gasteiger partial charge is 0.326 e. The molecule has 0 spiro atoms. The zero-order valence-corrected chi connectivity index (χ0v) is 14.2. The number of rotatable bonds is 8. The molecular weight excluding hydrogens is 294 g/mol. The molecule has 1 aromatic carbocycles. The Morgan fingerprint density at radius 3 is 2.09 bits per heavy atom. The lowest BCUT2D eigenvalue weighted by Crippen LogP contribution is -2.40. The Kier molecular flexibility index (Phi) is 6.94. The Labute approximate surface area is 137 Å². The summed E-state index contributed by atoms with van der Waals surface area (Å²) in [5.41, 5.74) is 1.77. The van der Waals surface area contributed by atoms with Gasteiger partial charge in [-0.05, 0) is 24.8 Å². The van der Waals surface area contributed by atoms with Crippen molar-refractivity contribution in [3.8, 4) is 0 Å². The predicted octanol–water partition coefficient (Wildman–Crippen LogP) is 2.78. The van der Waals surface area contributed by atoms with E-state index in [9.17, 15) is 14.4 Å². The number of carbonyl (C=O) groups excluding carboxylic acids is 2. The average Bonchev–Trinajstić information content (AvgIpc) is 2.50. The molecular formula is C18H25NO4. The van der Waals surface area contributed by atoms with Crippen LogP contribution in [-0.4, -0.2) is 40.8 Å². The van der Waals surface area contributed by atoms with Crippen LogP contribution in [0.25, 0.3) is 0 Å². The number of hydrogen-bond donors (Lipinski definition) is 1. The van der Waals surface area contributed by atoms with Crippen LogP contribution in [0, 0.1) is 5.92 Å². The molecule has 1 atom stereocenters. The van der Waals surface area contributed by atoms with Crippen molar-refractivity contribution in [2.24, 2.45) is 5.92 Å². The van der Waals surface area contributed by atoms with Gasteiger partial charge in [0.05, 0.1) is 0 Å². The van der Waals surface area contributed by atoms with Gasteiger partial charge in [0.25, 0.3) is 0 Å². The van der Waals surface area contributed by atoms with Gasteiger partial charge in [-0.1, -0.05) is 38.1 Å². The van der Waals surface area contributed by atoms with Crippen LogP contribution in [0.5, 0.6) is 0 Å². The number of nitrogens with zero attached hydrogens (tertiary/aromatic N) is 1. The highest BCUT2D eigenvalue weighted by atomic mass is 16.4. The van der Waals surface area contributed by atoms with Crippen molar-refractivity contribution in [2.45, 2.75) is 46.1 Å². The van der Waals surface area contributed by atoms with Gasteiger partial charge in [0.1, 0.15) is 6.04 Å². The van der Waals surface area contributed by atoms with Gasteiger partial charge in [-0.15, -0.1) is 0 Å². The van der Waals surface area contributed by atoms with Gasteiger partial charge in [0.15, 0.2) is 5.78 Å². The quantitative estimate of drug-likeness (QED) is 0.748. The predicted molar refractivity (Wildman–Crippen MR) is 88.4 cm³/mol. The number of Topliss-reactive ketones (excluding diaryl/α,β-unsaturated/α-hetero) is 1. The second-order valence-electron chi connectivity index (χ2n) is 6.24. The van der Waals surface area contributed by atoms with Crippen LogP contribution in [0.4, 0.5) is 0 Å². The first kappa shape index (κ1) is 18.9. The molecule has 0 radical (unpaired) electrons. The molecule has 0 aliphatic rings.